The number of nitrogens with one attached hydrogen (secondary N) is 2. The topological polar surface area (TPSA) is 74.3 Å². The zero-order chi connectivity index (χ0) is 23.2. The summed E-state index contributed by atoms with van der Waals surface area (Å²) in [6.07, 6.45) is 4.80. The number of hydrogen-bond acceptors (Lipinski definition) is 4. The Morgan fingerprint density at radius 3 is 2.64 bits per heavy atom. The number of carbonyl (C=O) groups excluding carboxylic acids is 2. The molecule has 1 aromatic heterocycles. The number of fused-ring (bicyclic) bond motifs is 1. The number of nitrogens with zero attached hydrogens (tertiary/aromatic N) is 2. The number of para-hydroxylation sites is 1. The number of aromatic nitrogens is 1. The van der Waals surface area contributed by atoms with Crippen molar-refractivity contribution in [2.45, 2.75) is 45.6 Å². The Hall–Kier alpha value is -3.25. The highest BCUT2D eigenvalue weighted by Gasteiger charge is 2.18. The van der Waals surface area contributed by atoms with Gasteiger partial charge in [-0.15, -0.1) is 0 Å². The molecular formula is C27H32N4O2. The summed E-state index contributed by atoms with van der Waals surface area (Å²) in [6.45, 7) is 6.61. The van der Waals surface area contributed by atoms with Crippen molar-refractivity contribution in [3.63, 3.8) is 0 Å². The molecule has 172 valence electrons. The van der Waals surface area contributed by atoms with Crippen LogP contribution in [0.3, 0.4) is 0 Å². The van der Waals surface area contributed by atoms with E-state index in [0.717, 1.165) is 47.4 Å². The molecule has 33 heavy (non-hydrogen) atoms. The lowest BCUT2D eigenvalue weighted by Gasteiger charge is -2.33. The van der Waals surface area contributed by atoms with E-state index in [2.05, 4.69) is 22.5 Å². The molecule has 1 aliphatic rings. The molecule has 0 spiro atoms. The molecule has 2 heterocycles. The first kappa shape index (κ1) is 22.9. The van der Waals surface area contributed by atoms with Crippen LogP contribution in [0, 0.1) is 0 Å². The summed E-state index contributed by atoms with van der Waals surface area (Å²) < 4.78 is 0. The molecule has 6 nitrogen and oxygen atoms in total. The fourth-order valence-electron chi connectivity index (χ4n) is 4.51. The number of pyridine rings is 1. The Labute approximate surface area is 195 Å². The third-order valence-electron chi connectivity index (χ3n) is 6.31. The van der Waals surface area contributed by atoms with Gasteiger partial charge in [0.25, 0.3) is 5.91 Å². The normalized spacial score (nSPS) is 16.5. The van der Waals surface area contributed by atoms with Crippen molar-refractivity contribution in [3.05, 3.63) is 60.2 Å². The summed E-state index contributed by atoms with van der Waals surface area (Å²) in [6, 6.07) is 17.7. The standard InChI is InChI=1S/C27H32N4O2/c1-19-8-5-6-16-31(19)17-7-15-28-27(33)24-18-26(30-25-10-4-3-9-23(24)25)21-11-13-22(14-12-21)29-20(2)32/h3-4,9-14,18-19H,5-8,15-17H2,1-2H3,(H,28,33)(H,29,32). The number of likely N-dealkylation sites (tertiary alicyclic amines) is 1. The van der Waals surface area contributed by atoms with Crippen molar-refractivity contribution in [3.8, 4) is 11.3 Å². The molecular weight excluding hydrogens is 412 g/mol. The Morgan fingerprint density at radius 1 is 1.09 bits per heavy atom. The highest BCUT2D eigenvalue weighted by molar-refractivity contribution is 6.07. The predicted molar refractivity (Wildman–Crippen MR) is 133 cm³/mol. The van der Waals surface area contributed by atoms with Gasteiger partial charge in [-0.1, -0.05) is 36.8 Å². The fourth-order valence-corrected chi connectivity index (χ4v) is 4.51. The van der Waals surface area contributed by atoms with Crippen molar-refractivity contribution in [2.75, 3.05) is 25.0 Å². The quantitative estimate of drug-likeness (QED) is 0.511. The van der Waals surface area contributed by atoms with Crippen LogP contribution in [0.1, 0.15) is 49.9 Å². The molecule has 1 unspecified atom stereocenters. The van der Waals surface area contributed by atoms with E-state index in [-0.39, 0.29) is 11.8 Å². The van der Waals surface area contributed by atoms with E-state index in [4.69, 9.17) is 4.98 Å². The Morgan fingerprint density at radius 2 is 1.88 bits per heavy atom. The van der Waals surface area contributed by atoms with E-state index in [0.29, 0.717) is 18.2 Å². The van der Waals surface area contributed by atoms with Gasteiger partial charge in [-0.25, -0.2) is 4.98 Å². The Balaban J connectivity index is 1.49. The van der Waals surface area contributed by atoms with Crippen molar-refractivity contribution in [2.24, 2.45) is 0 Å². The van der Waals surface area contributed by atoms with E-state index in [1.54, 1.807) is 0 Å². The van der Waals surface area contributed by atoms with Gasteiger partial charge in [-0.3, -0.25) is 9.59 Å². The zero-order valence-corrected chi connectivity index (χ0v) is 19.4. The van der Waals surface area contributed by atoms with Gasteiger partial charge in [-0.05, 0) is 57.0 Å². The van der Waals surface area contributed by atoms with Crippen LogP contribution < -0.4 is 10.6 Å². The molecule has 2 amide bonds. The summed E-state index contributed by atoms with van der Waals surface area (Å²) in [7, 11) is 0. The molecule has 1 aliphatic heterocycles. The maximum Gasteiger partial charge on any atom is 0.252 e. The fraction of sp³-hybridized carbons (Fsp3) is 0.370. The number of hydrogen-bond donors (Lipinski definition) is 2. The van der Waals surface area contributed by atoms with Gasteiger partial charge in [-0.2, -0.15) is 0 Å². The number of piperidine rings is 1. The second kappa shape index (κ2) is 10.6. The minimum atomic E-state index is -0.111. The van der Waals surface area contributed by atoms with Crippen molar-refractivity contribution in [1.29, 1.82) is 0 Å². The van der Waals surface area contributed by atoms with Gasteiger partial charge in [0.05, 0.1) is 16.8 Å². The number of carbonyl (C=O) groups is 2. The van der Waals surface area contributed by atoms with Gasteiger partial charge in [0, 0.05) is 42.7 Å². The third-order valence-corrected chi connectivity index (χ3v) is 6.31. The van der Waals surface area contributed by atoms with Crippen molar-refractivity contribution in [1.82, 2.24) is 15.2 Å². The first-order valence-electron chi connectivity index (χ1n) is 11.8. The predicted octanol–water partition coefficient (Wildman–Crippen LogP) is 4.85. The van der Waals surface area contributed by atoms with Crippen LogP contribution in [0.5, 0.6) is 0 Å². The molecule has 2 N–H and O–H groups in total. The van der Waals surface area contributed by atoms with E-state index < -0.39 is 0 Å². The molecule has 2 aromatic carbocycles. The van der Waals surface area contributed by atoms with E-state index in [9.17, 15) is 9.59 Å². The zero-order valence-electron chi connectivity index (χ0n) is 19.4. The summed E-state index contributed by atoms with van der Waals surface area (Å²) in [5.74, 6) is -0.184. The van der Waals surface area contributed by atoms with Crippen LogP contribution in [-0.2, 0) is 4.79 Å². The van der Waals surface area contributed by atoms with Crippen molar-refractivity contribution < 1.29 is 9.59 Å². The molecule has 6 heteroatoms. The van der Waals surface area contributed by atoms with Gasteiger partial charge in [0.1, 0.15) is 0 Å². The molecule has 1 saturated heterocycles. The minimum absolute atomic E-state index is 0.0728. The highest BCUT2D eigenvalue weighted by atomic mass is 16.2. The van der Waals surface area contributed by atoms with Gasteiger partial charge in [0.2, 0.25) is 5.91 Å². The minimum Gasteiger partial charge on any atom is -0.352 e. The van der Waals surface area contributed by atoms with Gasteiger partial charge >= 0.3 is 0 Å². The second-order valence-corrected chi connectivity index (χ2v) is 8.82. The average Bonchev–Trinajstić information content (AvgIpc) is 2.82. The van der Waals surface area contributed by atoms with Gasteiger partial charge < -0.3 is 15.5 Å². The monoisotopic (exact) mass is 444 g/mol. The van der Waals surface area contributed by atoms with Gasteiger partial charge in [0.15, 0.2) is 0 Å². The first-order valence-corrected chi connectivity index (χ1v) is 11.8. The number of rotatable bonds is 7. The Kier molecular flexibility index (Phi) is 7.35. The van der Waals surface area contributed by atoms with Crippen LogP contribution in [0.15, 0.2) is 54.6 Å². The molecule has 1 atom stereocenters. The van der Waals surface area contributed by atoms with Crippen LogP contribution in [0.25, 0.3) is 22.2 Å². The molecule has 4 rings (SSSR count). The maximum absolute atomic E-state index is 13.1. The number of benzene rings is 2. The number of amides is 2. The molecule has 0 bridgehead atoms. The third kappa shape index (κ3) is 5.76. The molecule has 3 aromatic rings. The summed E-state index contributed by atoms with van der Waals surface area (Å²) in [5, 5.41) is 6.73. The van der Waals surface area contributed by atoms with Crippen LogP contribution in [0.2, 0.25) is 0 Å². The lowest BCUT2D eigenvalue weighted by molar-refractivity contribution is -0.114. The first-order chi connectivity index (χ1) is 16.0. The maximum atomic E-state index is 13.1. The summed E-state index contributed by atoms with van der Waals surface area (Å²) >= 11 is 0. The smallest absolute Gasteiger partial charge is 0.252 e. The highest BCUT2D eigenvalue weighted by Crippen LogP contribution is 2.26. The summed E-state index contributed by atoms with van der Waals surface area (Å²) in [5.41, 5.74) is 3.77. The molecule has 0 saturated carbocycles. The lowest BCUT2D eigenvalue weighted by atomic mass is 10.0. The lowest BCUT2D eigenvalue weighted by Crippen LogP contribution is -2.39. The average molecular weight is 445 g/mol. The van der Waals surface area contributed by atoms with E-state index >= 15 is 0 Å². The SMILES string of the molecule is CC(=O)Nc1ccc(-c2cc(C(=O)NCCCN3CCCCC3C)c3ccccc3n2)cc1. The largest absolute Gasteiger partial charge is 0.352 e. The molecule has 0 radical (unpaired) electrons. The van der Waals surface area contributed by atoms with Crippen LogP contribution in [0.4, 0.5) is 5.69 Å². The second-order valence-electron chi connectivity index (χ2n) is 8.82. The molecule has 0 aliphatic carbocycles. The van der Waals surface area contributed by atoms with Crippen LogP contribution in [-0.4, -0.2) is 47.4 Å². The van der Waals surface area contributed by atoms with E-state index in [1.165, 1.54) is 26.2 Å². The van der Waals surface area contributed by atoms with Crippen molar-refractivity contribution >= 4 is 28.4 Å². The number of anilines is 1. The Bertz CT molecular complexity index is 1130. The summed E-state index contributed by atoms with van der Waals surface area (Å²) in [4.78, 5) is 31.7. The molecule has 1 fully saturated rings. The van der Waals surface area contributed by atoms with E-state index in [1.807, 2.05) is 54.6 Å². The van der Waals surface area contributed by atoms with Crippen LogP contribution >= 0.6 is 0 Å².